The molecule has 1 aliphatic heterocycles. The zero-order valence-electron chi connectivity index (χ0n) is 13.0. The molecule has 6 heteroatoms. The number of nitrogens with zero attached hydrogens (tertiary/aromatic N) is 1. The monoisotopic (exact) mass is 384 g/mol. The van der Waals surface area contributed by atoms with Gasteiger partial charge in [-0.3, -0.25) is 4.79 Å². The van der Waals surface area contributed by atoms with E-state index < -0.39 is 0 Å². The molecule has 0 aromatic heterocycles. The number of carbonyl (C=O) groups is 1. The molecule has 0 radical (unpaired) electrons. The van der Waals surface area contributed by atoms with Crippen molar-refractivity contribution in [3.63, 3.8) is 0 Å². The van der Waals surface area contributed by atoms with Gasteiger partial charge >= 0.3 is 0 Å². The third-order valence-corrected chi connectivity index (χ3v) is 5.16. The van der Waals surface area contributed by atoms with Crippen LogP contribution in [0.1, 0.15) is 21.8 Å². The minimum atomic E-state index is -0.0274. The third-order valence-electron chi connectivity index (χ3n) is 4.43. The van der Waals surface area contributed by atoms with Gasteiger partial charge in [0.25, 0.3) is 5.91 Å². The minimum absolute atomic E-state index is 0. The molecular weight excluding hydrogens is 367 g/mol. The van der Waals surface area contributed by atoms with Gasteiger partial charge < -0.3 is 10.6 Å². The summed E-state index contributed by atoms with van der Waals surface area (Å²) in [7, 11) is 0. The number of likely N-dealkylation sites (tertiary alicyclic amines) is 1. The fourth-order valence-electron chi connectivity index (χ4n) is 3.17. The molecule has 0 spiro atoms. The van der Waals surface area contributed by atoms with Crippen molar-refractivity contribution in [2.75, 3.05) is 19.6 Å². The van der Waals surface area contributed by atoms with Crippen molar-refractivity contribution in [1.82, 2.24) is 4.90 Å². The van der Waals surface area contributed by atoms with Crippen LogP contribution in [0.25, 0.3) is 0 Å². The minimum Gasteiger partial charge on any atom is -0.338 e. The van der Waals surface area contributed by atoms with Crippen molar-refractivity contribution >= 4 is 41.5 Å². The Bertz CT molecular complexity index is 709. The van der Waals surface area contributed by atoms with Gasteiger partial charge in [-0.2, -0.15) is 0 Å². The molecule has 1 saturated heterocycles. The maximum absolute atomic E-state index is 12.7. The molecule has 2 aromatic rings. The lowest BCUT2D eigenvalue weighted by Crippen LogP contribution is -2.29. The molecule has 24 heavy (non-hydrogen) atoms. The number of hydrogen-bond acceptors (Lipinski definition) is 2. The number of benzene rings is 2. The van der Waals surface area contributed by atoms with E-state index in [1.54, 1.807) is 18.2 Å². The fraction of sp³-hybridized carbons (Fsp3) is 0.278. The van der Waals surface area contributed by atoms with E-state index in [1.807, 2.05) is 23.1 Å². The highest BCUT2D eigenvalue weighted by Gasteiger charge is 2.35. The topological polar surface area (TPSA) is 46.3 Å². The Hall–Kier alpha value is -1.26. The molecule has 1 aliphatic rings. The van der Waals surface area contributed by atoms with Crippen molar-refractivity contribution in [3.05, 3.63) is 69.7 Å². The smallest absolute Gasteiger partial charge is 0.253 e. The molecule has 3 nitrogen and oxygen atoms in total. The Morgan fingerprint density at radius 3 is 2.42 bits per heavy atom. The standard InChI is InChI=1S/C18H18Cl2N2O.ClH/c19-16-7-6-13(8-17(16)20)18(23)22-10-14(9-21)15(11-22)12-4-2-1-3-5-12;/h1-8,14-15H,9-11,21H2;1H/t14-,15+;/m1./s1. The van der Waals surface area contributed by atoms with Gasteiger partial charge in [0.2, 0.25) is 0 Å². The molecule has 0 aliphatic carbocycles. The van der Waals surface area contributed by atoms with E-state index in [-0.39, 0.29) is 30.2 Å². The van der Waals surface area contributed by atoms with Crippen LogP contribution >= 0.6 is 35.6 Å². The van der Waals surface area contributed by atoms with Crippen LogP contribution < -0.4 is 5.73 Å². The van der Waals surface area contributed by atoms with Crippen LogP contribution in [-0.2, 0) is 0 Å². The number of carbonyl (C=O) groups excluding carboxylic acids is 1. The summed E-state index contributed by atoms with van der Waals surface area (Å²) >= 11 is 11.9. The van der Waals surface area contributed by atoms with Crippen molar-refractivity contribution in [2.24, 2.45) is 11.7 Å². The molecule has 1 heterocycles. The van der Waals surface area contributed by atoms with Gasteiger partial charge in [-0.1, -0.05) is 53.5 Å². The van der Waals surface area contributed by atoms with Gasteiger partial charge in [-0.25, -0.2) is 0 Å². The predicted molar refractivity (Wildman–Crippen MR) is 101 cm³/mol. The Morgan fingerprint density at radius 1 is 1.08 bits per heavy atom. The van der Waals surface area contributed by atoms with E-state index in [0.29, 0.717) is 35.2 Å². The molecular formula is C18H19Cl3N2O. The molecule has 128 valence electrons. The summed E-state index contributed by atoms with van der Waals surface area (Å²) in [5, 5.41) is 0.846. The first-order chi connectivity index (χ1) is 11.1. The number of nitrogens with two attached hydrogens (primary N) is 1. The second-order valence-electron chi connectivity index (χ2n) is 5.85. The lowest BCUT2D eigenvalue weighted by atomic mass is 9.89. The summed E-state index contributed by atoms with van der Waals surface area (Å²) in [6.45, 7) is 1.89. The summed E-state index contributed by atoms with van der Waals surface area (Å²) < 4.78 is 0. The number of rotatable bonds is 3. The Kier molecular flexibility index (Phi) is 6.53. The maximum atomic E-state index is 12.7. The highest BCUT2D eigenvalue weighted by molar-refractivity contribution is 6.42. The molecule has 0 bridgehead atoms. The van der Waals surface area contributed by atoms with Gasteiger partial charge in [0.15, 0.2) is 0 Å². The molecule has 2 atom stereocenters. The van der Waals surface area contributed by atoms with Gasteiger partial charge in [0.1, 0.15) is 0 Å². The first-order valence-electron chi connectivity index (χ1n) is 7.59. The Morgan fingerprint density at radius 2 is 1.79 bits per heavy atom. The zero-order chi connectivity index (χ0) is 16.4. The average Bonchev–Trinajstić information content (AvgIpc) is 3.02. The SMILES string of the molecule is Cl.NC[C@@H]1CN(C(=O)c2ccc(Cl)c(Cl)c2)C[C@H]1c1ccccc1. The van der Waals surface area contributed by atoms with Crippen LogP contribution in [0.4, 0.5) is 0 Å². The quantitative estimate of drug-likeness (QED) is 0.859. The predicted octanol–water partition coefficient (Wildman–Crippen LogP) is 4.23. The van der Waals surface area contributed by atoms with Crippen LogP contribution in [0.5, 0.6) is 0 Å². The lowest BCUT2D eigenvalue weighted by Gasteiger charge is -2.17. The van der Waals surface area contributed by atoms with Crippen molar-refractivity contribution in [1.29, 1.82) is 0 Å². The fourth-order valence-corrected chi connectivity index (χ4v) is 3.46. The Labute approximate surface area is 158 Å². The van der Waals surface area contributed by atoms with E-state index in [2.05, 4.69) is 12.1 Å². The summed E-state index contributed by atoms with van der Waals surface area (Å²) in [4.78, 5) is 14.6. The molecule has 0 unspecified atom stereocenters. The largest absolute Gasteiger partial charge is 0.338 e. The molecule has 2 aromatic carbocycles. The molecule has 1 fully saturated rings. The third kappa shape index (κ3) is 3.86. The van der Waals surface area contributed by atoms with Crippen molar-refractivity contribution in [3.8, 4) is 0 Å². The van der Waals surface area contributed by atoms with E-state index in [4.69, 9.17) is 28.9 Å². The molecule has 0 saturated carbocycles. The lowest BCUT2D eigenvalue weighted by molar-refractivity contribution is 0.0786. The normalized spacial score (nSPS) is 19.9. The highest BCUT2D eigenvalue weighted by atomic mass is 35.5. The number of halogens is 3. The second-order valence-corrected chi connectivity index (χ2v) is 6.67. The van der Waals surface area contributed by atoms with Crippen LogP contribution in [0.15, 0.2) is 48.5 Å². The Balaban J connectivity index is 0.00000208. The van der Waals surface area contributed by atoms with Crippen LogP contribution in [0.2, 0.25) is 10.0 Å². The first-order valence-corrected chi connectivity index (χ1v) is 8.35. The van der Waals surface area contributed by atoms with Gasteiger partial charge in [-0.15, -0.1) is 12.4 Å². The first kappa shape index (κ1) is 19.1. The zero-order valence-corrected chi connectivity index (χ0v) is 15.3. The second kappa shape index (κ2) is 8.21. The van der Waals surface area contributed by atoms with Gasteiger partial charge in [0, 0.05) is 24.6 Å². The van der Waals surface area contributed by atoms with Gasteiger partial charge in [-0.05, 0) is 36.2 Å². The van der Waals surface area contributed by atoms with Crippen LogP contribution in [0.3, 0.4) is 0 Å². The number of hydrogen-bond donors (Lipinski definition) is 1. The molecule has 1 amide bonds. The average molecular weight is 386 g/mol. The summed E-state index contributed by atoms with van der Waals surface area (Å²) in [6.07, 6.45) is 0. The van der Waals surface area contributed by atoms with Crippen molar-refractivity contribution < 1.29 is 4.79 Å². The highest BCUT2D eigenvalue weighted by Crippen LogP contribution is 2.33. The summed E-state index contributed by atoms with van der Waals surface area (Å²) in [5.74, 6) is 0.512. The van der Waals surface area contributed by atoms with Crippen LogP contribution in [-0.4, -0.2) is 30.4 Å². The van der Waals surface area contributed by atoms with Gasteiger partial charge in [0.05, 0.1) is 10.0 Å². The van der Waals surface area contributed by atoms with Crippen LogP contribution in [0, 0.1) is 5.92 Å². The summed E-state index contributed by atoms with van der Waals surface area (Å²) in [6, 6.07) is 15.2. The molecule has 3 rings (SSSR count). The van der Waals surface area contributed by atoms with E-state index in [1.165, 1.54) is 5.56 Å². The molecule has 2 N–H and O–H groups in total. The van der Waals surface area contributed by atoms with E-state index in [9.17, 15) is 4.79 Å². The number of amides is 1. The van der Waals surface area contributed by atoms with E-state index in [0.717, 1.165) is 0 Å². The maximum Gasteiger partial charge on any atom is 0.253 e. The van der Waals surface area contributed by atoms with E-state index >= 15 is 0 Å². The summed E-state index contributed by atoms with van der Waals surface area (Å²) in [5.41, 5.74) is 7.72. The van der Waals surface area contributed by atoms with Crippen molar-refractivity contribution in [2.45, 2.75) is 5.92 Å².